The van der Waals surface area contributed by atoms with Crippen molar-refractivity contribution in [2.75, 3.05) is 17.6 Å². The molecule has 1 unspecified atom stereocenters. The second-order valence-corrected chi connectivity index (χ2v) is 8.45. The monoisotopic (exact) mass is 388 g/mol. The second-order valence-electron chi connectivity index (χ2n) is 7.34. The van der Waals surface area contributed by atoms with E-state index in [1.807, 2.05) is 6.20 Å². The normalized spacial score (nSPS) is 17.3. The van der Waals surface area contributed by atoms with Crippen LogP contribution in [0, 0.1) is 5.92 Å². The van der Waals surface area contributed by atoms with Crippen LogP contribution in [0.2, 0.25) is 0 Å². The highest BCUT2D eigenvalue weighted by Gasteiger charge is 2.25. The number of aryl methyl sites for hydroxylation is 1. The first-order chi connectivity index (χ1) is 13.0. The molecule has 0 radical (unpaired) electrons. The van der Waals surface area contributed by atoms with Crippen molar-refractivity contribution in [2.24, 2.45) is 13.0 Å². The molecule has 0 amide bonds. The maximum absolute atomic E-state index is 12.6. The van der Waals surface area contributed by atoms with Crippen molar-refractivity contribution < 1.29 is 9.29 Å². The maximum Gasteiger partial charge on any atom is 0.265 e. The Morgan fingerprint density at radius 3 is 2.78 bits per heavy atom. The van der Waals surface area contributed by atoms with Gasteiger partial charge in [0.25, 0.3) is 11.5 Å². The molecule has 2 aliphatic rings. The van der Waals surface area contributed by atoms with Crippen molar-refractivity contribution in [3.05, 3.63) is 33.9 Å². The first-order valence-electron chi connectivity index (χ1n) is 9.34. The molecule has 1 atom stereocenters. The molecule has 0 saturated heterocycles. The molecule has 144 valence electrons. The van der Waals surface area contributed by atoms with Gasteiger partial charge >= 0.3 is 0 Å². The van der Waals surface area contributed by atoms with Crippen LogP contribution in [0.15, 0.2) is 17.2 Å². The van der Waals surface area contributed by atoms with Gasteiger partial charge in [0, 0.05) is 24.4 Å². The van der Waals surface area contributed by atoms with Crippen molar-refractivity contribution in [1.29, 1.82) is 0 Å². The molecule has 1 N–H and O–H groups in total. The predicted octanol–water partition coefficient (Wildman–Crippen LogP) is 2.22. The summed E-state index contributed by atoms with van der Waals surface area (Å²) >= 11 is -1.27. The van der Waals surface area contributed by atoms with Crippen molar-refractivity contribution in [3.8, 4) is 17.0 Å². The standard InChI is InChI=1S/C19H24N4O3S/c1-23-10-15(13-5-3-4-6-14(13)18(23)24)17-16(26-11-12-7-8-12)9-20-19(21-17)22-27(2)25/h9-10,12H,3-8,11H2,1-2H3,(H,20,21,22). The molecule has 8 heteroatoms. The van der Waals surface area contributed by atoms with Gasteiger partial charge in [0.05, 0.1) is 24.2 Å². The highest BCUT2D eigenvalue weighted by molar-refractivity contribution is 7.91. The first kappa shape index (κ1) is 18.3. The summed E-state index contributed by atoms with van der Waals surface area (Å²) in [6, 6.07) is 0. The Morgan fingerprint density at radius 2 is 2.07 bits per heavy atom. The van der Waals surface area contributed by atoms with Crippen molar-refractivity contribution >= 4 is 17.3 Å². The van der Waals surface area contributed by atoms with E-state index in [0.29, 0.717) is 29.9 Å². The molecular weight excluding hydrogens is 364 g/mol. The van der Waals surface area contributed by atoms with E-state index in [9.17, 15) is 9.35 Å². The molecule has 2 heterocycles. The lowest BCUT2D eigenvalue weighted by Gasteiger charge is -2.21. The minimum absolute atomic E-state index is 0.0657. The Morgan fingerprint density at radius 1 is 1.33 bits per heavy atom. The molecule has 2 aromatic rings. The van der Waals surface area contributed by atoms with E-state index in [2.05, 4.69) is 14.7 Å². The molecule has 7 nitrogen and oxygen atoms in total. The number of anilines is 1. The maximum atomic E-state index is 12.6. The summed E-state index contributed by atoms with van der Waals surface area (Å²) in [5.74, 6) is 1.51. The van der Waals surface area contributed by atoms with E-state index >= 15 is 0 Å². The zero-order valence-electron chi connectivity index (χ0n) is 15.7. The molecule has 4 rings (SSSR count). The van der Waals surface area contributed by atoms with Gasteiger partial charge in [-0.2, -0.15) is 4.72 Å². The van der Waals surface area contributed by atoms with E-state index in [4.69, 9.17) is 4.74 Å². The van der Waals surface area contributed by atoms with Crippen LogP contribution in [-0.2, 0) is 31.3 Å². The number of hydrogen-bond acceptors (Lipinski definition) is 6. The average Bonchev–Trinajstić information content (AvgIpc) is 3.47. The van der Waals surface area contributed by atoms with Gasteiger partial charge in [-0.1, -0.05) is 0 Å². The summed E-state index contributed by atoms with van der Waals surface area (Å²) in [5.41, 5.74) is 3.57. The molecule has 1 fully saturated rings. The molecule has 27 heavy (non-hydrogen) atoms. The van der Waals surface area contributed by atoms with Crippen LogP contribution in [0.4, 0.5) is 5.95 Å². The molecular formula is C19H24N4O3S. The van der Waals surface area contributed by atoms with Gasteiger partial charge in [-0.15, -0.1) is 0 Å². The quantitative estimate of drug-likeness (QED) is 0.763. The Hall–Kier alpha value is -2.06. The van der Waals surface area contributed by atoms with Gasteiger partial charge in [-0.3, -0.25) is 4.79 Å². The minimum Gasteiger partial charge on any atom is -0.593 e. The Bertz CT molecular complexity index is 909. The van der Waals surface area contributed by atoms with Crippen LogP contribution in [0.3, 0.4) is 0 Å². The highest BCUT2D eigenvalue weighted by Crippen LogP contribution is 2.36. The van der Waals surface area contributed by atoms with E-state index in [-0.39, 0.29) is 5.56 Å². The molecule has 0 aliphatic heterocycles. The summed E-state index contributed by atoms with van der Waals surface area (Å²) < 4.78 is 21.9. The summed E-state index contributed by atoms with van der Waals surface area (Å²) in [5, 5.41) is 0. The zero-order valence-corrected chi connectivity index (χ0v) is 16.5. The van der Waals surface area contributed by atoms with E-state index in [1.54, 1.807) is 17.8 Å². The number of fused-ring (bicyclic) bond motifs is 1. The molecule has 2 aromatic heterocycles. The Labute approximate surface area is 161 Å². The number of pyridine rings is 1. The highest BCUT2D eigenvalue weighted by atomic mass is 32.2. The summed E-state index contributed by atoms with van der Waals surface area (Å²) in [7, 11) is 1.77. The molecule has 0 bridgehead atoms. The fraction of sp³-hybridized carbons (Fsp3) is 0.526. The topological polar surface area (TPSA) is 92.1 Å². The van der Waals surface area contributed by atoms with Crippen molar-refractivity contribution in [1.82, 2.24) is 14.5 Å². The number of hydrogen-bond donors (Lipinski definition) is 1. The van der Waals surface area contributed by atoms with Gasteiger partial charge < -0.3 is 13.9 Å². The van der Waals surface area contributed by atoms with Gasteiger partial charge in [-0.05, 0) is 50.0 Å². The number of nitrogens with one attached hydrogen (secondary N) is 1. The van der Waals surface area contributed by atoms with Gasteiger partial charge in [0.2, 0.25) is 0 Å². The van der Waals surface area contributed by atoms with Gasteiger partial charge in [-0.25, -0.2) is 9.97 Å². The van der Waals surface area contributed by atoms with Crippen LogP contribution >= 0.6 is 0 Å². The van der Waals surface area contributed by atoms with Gasteiger partial charge in [0.1, 0.15) is 11.9 Å². The lowest BCUT2D eigenvalue weighted by atomic mass is 9.88. The fourth-order valence-corrected chi connectivity index (χ4v) is 3.88. The number of nitrogens with zero attached hydrogens (tertiary/aromatic N) is 3. The SMILES string of the molecule is Cn1cc(-c2nc(N[S+](C)[O-])ncc2OCC2CC2)c2c(c1=O)CCCC2. The van der Waals surface area contributed by atoms with Crippen LogP contribution in [0.5, 0.6) is 5.75 Å². The van der Waals surface area contributed by atoms with Crippen LogP contribution < -0.4 is 15.0 Å². The average molecular weight is 388 g/mol. The largest absolute Gasteiger partial charge is 0.593 e. The smallest absolute Gasteiger partial charge is 0.265 e. The minimum atomic E-state index is -1.27. The third-order valence-electron chi connectivity index (χ3n) is 5.11. The first-order valence-corrected chi connectivity index (χ1v) is 10.9. The van der Waals surface area contributed by atoms with Crippen LogP contribution in [0.25, 0.3) is 11.3 Å². The third kappa shape index (κ3) is 3.96. The predicted molar refractivity (Wildman–Crippen MR) is 105 cm³/mol. The Kier molecular flexibility index (Phi) is 5.10. The fourth-order valence-electron chi connectivity index (χ4n) is 3.52. The number of ether oxygens (including phenoxy) is 1. The number of aromatic nitrogens is 3. The lowest BCUT2D eigenvalue weighted by molar-refractivity contribution is 0.299. The Balaban J connectivity index is 1.82. The summed E-state index contributed by atoms with van der Waals surface area (Å²) in [6.45, 7) is 0.650. The third-order valence-corrected chi connectivity index (χ3v) is 5.58. The van der Waals surface area contributed by atoms with E-state index in [0.717, 1.165) is 42.4 Å². The number of rotatable bonds is 6. The zero-order chi connectivity index (χ0) is 19.0. The van der Waals surface area contributed by atoms with Crippen molar-refractivity contribution in [2.45, 2.75) is 38.5 Å². The van der Waals surface area contributed by atoms with E-state index < -0.39 is 11.4 Å². The van der Waals surface area contributed by atoms with E-state index in [1.165, 1.54) is 19.1 Å². The van der Waals surface area contributed by atoms with Crippen molar-refractivity contribution in [3.63, 3.8) is 0 Å². The second kappa shape index (κ2) is 7.52. The molecule has 1 saturated carbocycles. The molecule has 2 aliphatic carbocycles. The van der Waals surface area contributed by atoms with Crippen LogP contribution in [-0.4, -0.2) is 32.0 Å². The van der Waals surface area contributed by atoms with Crippen LogP contribution in [0.1, 0.15) is 36.8 Å². The van der Waals surface area contributed by atoms with Gasteiger partial charge in [0.15, 0.2) is 5.75 Å². The molecule has 0 spiro atoms. The summed E-state index contributed by atoms with van der Waals surface area (Å²) in [4.78, 5) is 21.4. The molecule has 0 aromatic carbocycles. The lowest BCUT2D eigenvalue weighted by Crippen LogP contribution is -2.26. The summed E-state index contributed by atoms with van der Waals surface area (Å²) in [6.07, 6.45) is 11.1.